The van der Waals surface area contributed by atoms with Gasteiger partial charge in [-0.25, -0.2) is 4.98 Å². The average molecular weight is 436 g/mol. The van der Waals surface area contributed by atoms with Crippen LogP contribution in [0.4, 0.5) is 5.69 Å². The number of aromatic nitrogens is 2. The molecule has 0 fully saturated rings. The molecule has 1 amide bonds. The number of halogens is 2. The van der Waals surface area contributed by atoms with E-state index >= 15 is 0 Å². The normalized spacial score (nSPS) is 14.7. The zero-order chi connectivity index (χ0) is 20.0. The summed E-state index contributed by atoms with van der Waals surface area (Å²) in [4.78, 5) is 32.8. The number of aryl methyl sites for hydroxylation is 3. The van der Waals surface area contributed by atoms with Crippen LogP contribution in [0, 0.1) is 6.92 Å². The highest BCUT2D eigenvalue weighted by Gasteiger charge is 2.25. The molecule has 28 heavy (non-hydrogen) atoms. The van der Waals surface area contributed by atoms with Gasteiger partial charge in [0, 0.05) is 9.90 Å². The summed E-state index contributed by atoms with van der Waals surface area (Å²) in [6.45, 7) is 3.45. The van der Waals surface area contributed by atoms with Crippen LogP contribution < -0.4 is 10.9 Å². The third kappa shape index (κ3) is 3.34. The number of nitrogens with one attached hydrogen (secondary N) is 1. The van der Waals surface area contributed by atoms with Crippen LogP contribution in [0.25, 0.3) is 10.2 Å². The van der Waals surface area contributed by atoms with Crippen molar-refractivity contribution in [2.45, 2.75) is 45.6 Å². The molecule has 1 unspecified atom stereocenters. The predicted octanol–water partition coefficient (Wildman–Crippen LogP) is 5.15. The molecule has 0 saturated heterocycles. The van der Waals surface area contributed by atoms with E-state index in [2.05, 4.69) is 10.3 Å². The highest BCUT2D eigenvalue weighted by atomic mass is 35.5. The van der Waals surface area contributed by atoms with Gasteiger partial charge in [-0.1, -0.05) is 23.2 Å². The summed E-state index contributed by atoms with van der Waals surface area (Å²) in [5.41, 5.74) is 1.38. The van der Waals surface area contributed by atoms with E-state index in [4.69, 9.17) is 23.2 Å². The topological polar surface area (TPSA) is 64.0 Å². The number of hydrogen-bond donors (Lipinski definition) is 1. The number of benzene rings is 1. The Labute approximate surface area is 176 Å². The molecule has 2 aromatic heterocycles. The number of hydrogen-bond acceptors (Lipinski definition) is 4. The van der Waals surface area contributed by atoms with E-state index in [0.717, 1.165) is 36.1 Å². The maximum absolute atomic E-state index is 13.3. The van der Waals surface area contributed by atoms with Crippen LogP contribution in [-0.2, 0) is 17.6 Å². The molecular weight excluding hydrogens is 417 g/mol. The zero-order valence-corrected chi connectivity index (χ0v) is 17.8. The first-order valence-electron chi connectivity index (χ1n) is 9.16. The van der Waals surface area contributed by atoms with Crippen molar-refractivity contribution in [2.24, 2.45) is 0 Å². The minimum absolute atomic E-state index is 0.151. The Balaban J connectivity index is 1.74. The molecule has 4 rings (SSSR count). The van der Waals surface area contributed by atoms with Gasteiger partial charge in [0.05, 0.1) is 16.1 Å². The van der Waals surface area contributed by atoms with Crippen LogP contribution in [0.2, 0.25) is 10.0 Å². The average Bonchev–Trinajstić information content (AvgIpc) is 3.02. The van der Waals surface area contributed by atoms with Gasteiger partial charge in [0.15, 0.2) is 0 Å². The Morgan fingerprint density at radius 1 is 1.29 bits per heavy atom. The number of fused-ring (bicyclic) bond motifs is 3. The minimum Gasteiger partial charge on any atom is -0.323 e. The second-order valence-corrected chi connectivity index (χ2v) is 8.94. The van der Waals surface area contributed by atoms with Crippen molar-refractivity contribution in [3.63, 3.8) is 0 Å². The summed E-state index contributed by atoms with van der Waals surface area (Å²) >= 11 is 13.7. The smallest absolute Gasteiger partial charge is 0.263 e. The lowest BCUT2D eigenvalue weighted by atomic mass is 9.97. The Morgan fingerprint density at radius 2 is 2.04 bits per heavy atom. The fourth-order valence-corrected chi connectivity index (χ4v) is 5.36. The number of anilines is 1. The third-order valence-electron chi connectivity index (χ3n) is 5.15. The lowest BCUT2D eigenvalue weighted by Gasteiger charge is -2.18. The summed E-state index contributed by atoms with van der Waals surface area (Å²) in [6, 6.07) is 4.11. The van der Waals surface area contributed by atoms with Crippen molar-refractivity contribution in [1.82, 2.24) is 9.55 Å². The molecular formula is C20H19Cl2N3O2S. The van der Waals surface area contributed by atoms with Crippen LogP contribution in [0.5, 0.6) is 0 Å². The van der Waals surface area contributed by atoms with E-state index in [0.29, 0.717) is 26.9 Å². The van der Waals surface area contributed by atoms with Gasteiger partial charge in [0.25, 0.3) is 5.56 Å². The molecule has 1 atom stereocenters. The number of thiophene rings is 1. The Hall–Kier alpha value is -1.89. The second-order valence-electron chi connectivity index (χ2n) is 7.01. The van der Waals surface area contributed by atoms with E-state index in [9.17, 15) is 9.59 Å². The fraction of sp³-hybridized carbons (Fsp3) is 0.350. The lowest BCUT2D eigenvalue weighted by molar-refractivity contribution is -0.118. The Morgan fingerprint density at radius 3 is 2.82 bits per heavy atom. The fourth-order valence-electron chi connectivity index (χ4n) is 3.72. The molecule has 1 aromatic carbocycles. The molecule has 146 valence electrons. The quantitative estimate of drug-likeness (QED) is 0.618. The van der Waals surface area contributed by atoms with Crippen LogP contribution >= 0.6 is 34.5 Å². The highest BCUT2D eigenvalue weighted by Crippen LogP contribution is 2.34. The van der Waals surface area contributed by atoms with Crippen molar-refractivity contribution >= 4 is 56.3 Å². The van der Waals surface area contributed by atoms with Crippen molar-refractivity contribution in [1.29, 1.82) is 0 Å². The molecule has 0 aliphatic heterocycles. The van der Waals surface area contributed by atoms with Gasteiger partial charge in [-0.05, 0) is 63.3 Å². The molecule has 3 aromatic rings. The number of carbonyl (C=O) groups excluding carboxylic acids is 1. The van der Waals surface area contributed by atoms with Gasteiger partial charge < -0.3 is 5.32 Å². The molecule has 2 heterocycles. The molecule has 0 spiro atoms. The lowest BCUT2D eigenvalue weighted by Crippen LogP contribution is -2.34. The van der Waals surface area contributed by atoms with Crippen LogP contribution in [0.1, 0.15) is 42.1 Å². The molecule has 5 nitrogen and oxygen atoms in total. The van der Waals surface area contributed by atoms with E-state index in [1.807, 2.05) is 0 Å². The van der Waals surface area contributed by atoms with Gasteiger partial charge >= 0.3 is 0 Å². The first-order chi connectivity index (χ1) is 13.4. The van der Waals surface area contributed by atoms with E-state index in [1.165, 1.54) is 9.44 Å². The summed E-state index contributed by atoms with van der Waals surface area (Å²) in [5, 5.41) is 4.29. The maximum Gasteiger partial charge on any atom is 0.263 e. The third-order valence-corrected chi connectivity index (χ3v) is 6.90. The van der Waals surface area contributed by atoms with E-state index < -0.39 is 6.04 Å². The molecule has 0 saturated carbocycles. The highest BCUT2D eigenvalue weighted by molar-refractivity contribution is 7.18. The van der Waals surface area contributed by atoms with Gasteiger partial charge in [-0.15, -0.1) is 11.3 Å². The largest absolute Gasteiger partial charge is 0.323 e. The number of carbonyl (C=O) groups is 1. The van der Waals surface area contributed by atoms with Crippen LogP contribution in [-0.4, -0.2) is 15.5 Å². The Kier molecular flexibility index (Phi) is 5.21. The molecule has 0 bridgehead atoms. The van der Waals surface area contributed by atoms with Crippen molar-refractivity contribution < 1.29 is 4.79 Å². The van der Waals surface area contributed by atoms with Gasteiger partial charge in [-0.2, -0.15) is 0 Å². The summed E-state index contributed by atoms with van der Waals surface area (Å²) in [5.74, 6) is 0.176. The van der Waals surface area contributed by atoms with E-state index in [-0.39, 0.29) is 11.5 Å². The van der Waals surface area contributed by atoms with Gasteiger partial charge in [0.2, 0.25) is 5.91 Å². The van der Waals surface area contributed by atoms with Gasteiger partial charge in [-0.3, -0.25) is 14.2 Å². The number of amides is 1. The van der Waals surface area contributed by atoms with Gasteiger partial charge in [0.1, 0.15) is 16.7 Å². The Bertz CT molecular complexity index is 1150. The zero-order valence-electron chi connectivity index (χ0n) is 15.5. The summed E-state index contributed by atoms with van der Waals surface area (Å²) < 4.78 is 1.47. The van der Waals surface area contributed by atoms with Crippen molar-refractivity contribution in [3.05, 3.63) is 54.9 Å². The molecule has 1 aliphatic carbocycles. The second kappa shape index (κ2) is 7.50. The SMILES string of the molecule is Cc1nc2sc3c(c2c(=O)n1C(C)C(=O)Nc1cc(Cl)ccc1Cl)CCCC3. The molecule has 1 N–H and O–H groups in total. The van der Waals surface area contributed by atoms with Crippen molar-refractivity contribution in [2.75, 3.05) is 5.32 Å². The van der Waals surface area contributed by atoms with Crippen molar-refractivity contribution in [3.8, 4) is 0 Å². The molecule has 8 heteroatoms. The summed E-state index contributed by atoms with van der Waals surface area (Å²) in [6.07, 6.45) is 4.12. The van der Waals surface area contributed by atoms with Crippen LogP contribution in [0.3, 0.4) is 0 Å². The monoisotopic (exact) mass is 435 g/mol. The first-order valence-corrected chi connectivity index (χ1v) is 10.7. The summed E-state index contributed by atoms with van der Waals surface area (Å²) in [7, 11) is 0. The predicted molar refractivity (Wildman–Crippen MR) is 115 cm³/mol. The first kappa shape index (κ1) is 19.4. The van der Waals surface area contributed by atoms with Crippen LogP contribution in [0.15, 0.2) is 23.0 Å². The van der Waals surface area contributed by atoms with E-state index in [1.54, 1.807) is 43.4 Å². The number of rotatable bonds is 3. The standard InChI is InChI=1S/C20H19Cl2N3O2S/c1-10(18(26)24-15-9-12(21)7-8-14(15)22)25-11(2)23-19-17(20(25)27)13-5-3-4-6-16(13)28-19/h7-10H,3-6H2,1-2H3,(H,24,26). The number of nitrogens with zero attached hydrogens (tertiary/aromatic N) is 2. The molecule has 0 radical (unpaired) electrons. The molecule has 1 aliphatic rings. The minimum atomic E-state index is -0.737. The maximum atomic E-state index is 13.3.